The van der Waals surface area contributed by atoms with Gasteiger partial charge in [-0.25, -0.2) is 4.68 Å². The maximum Gasteiger partial charge on any atom is 0.153 e. The maximum absolute atomic E-state index is 11.5. The first-order valence-electron chi connectivity index (χ1n) is 8.06. The van der Waals surface area contributed by atoms with Crippen molar-refractivity contribution in [3.8, 4) is 22.7 Å². The number of hydrogen-bond donors (Lipinski definition) is 0. The Morgan fingerprint density at radius 2 is 2.04 bits per heavy atom. The van der Waals surface area contributed by atoms with Crippen molar-refractivity contribution in [1.29, 1.82) is 0 Å². The molecule has 0 fully saturated rings. The second-order valence-corrected chi connectivity index (χ2v) is 6.25. The topological polar surface area (TPSA) is 44.1 Å². The average molecular weight is 318 g/mol. The van der Waals surface area contributed by atoms with Crippen molar-refractivity contribution < 1.29 is 9.53 Å². The molecule has 120 valence electrons. The number of aryl methyl sites for hydroxylation is 1. The molecule has 0 N–H and O–H groups in total. The van der Waals surface area contributed by atoms with E-state index in [0.29, 0.717) is 11.3 Å². The molecule has 0 aliphatic carbocycles. The quantitative estimate of drug-likeness (QED) is 0.686. The minimum Gasteiger partial charge on any atom is -0.490 e. The Labute approximate surface area is 140 Å². The summed E-state index contributed by atoms with van der Waals surface area (Å²) in [6, 6.07) is 13.9. The molecule has 2 heterocycles. The van der Waals surface area contributed by atoms with E-state index in [4.69, 9.17) is 4.74 Å². The van der Waals surface area contributed by atoms with Crippen LogP contribution in [-0.4, -0.2) is 22.2 Å². The van der Waals surface area contributed by atoms with Crippen LogP contribution in [0.1, 0.15) is 28.4 Å². The van der Waals surface area contributed by atoms with E-state index in [9.17, 15) is 4.79 Å². The van der Waals surface area contributed by atoms with Gasteiger partial charge in [-0.15, -0.1) is 0 Å². The van der Waals surface area contributed by atoms with Gasteiger partial charge in [-0.1, -0.05) is 18.2 Å². The van der Waals surface area contributed by atoms with Crippen molar-refractivity contribution in [2.75, 3.05) is 0 Å². The van der Waals surface area contributed by atoms with Crippen LogP contribution in [0.5, 0.6) is 5.75 Å². The van der Waals surface area contributed by atoms with Crippen LogP contribution in [0, 0.1) is 6.92 Å². The lowest BCUT2D eigenvalue weighted by Gasteiger charge is -2.08. The van der Waals surface area contributed by atoms with E-state index in [2.05, 4.69) is 18.1 Å². The molecule has 4 rings (SSSR count). The third-order valence-corrected chi connectivity index (χ3v) is 4.34. The smallest absolute Gasteiger partial charge is 0.153 e. The predicted molar refractivity (Wildman–Crippen MR) is 92.9 cm³/mol. The fourth-order valence-electron chi connectivity index (χ4n) is 3.27. The van der Waals surface area contributed by atoms with E-state index in [1.165, 1.54) is 5.56 Å². The Morgan fingerprint density at radius 3 is 2.79 bits per heavy atom. The number of aromatic nitrogens is 2. The number of aldehydes is 1. The highest BCUT2D eigenvalue weighted by molar-refractivity contribution is 5.86. The zero-order valence-electron chi connectivity index (χ0n) is 13.7. The van der Waals surface area contributed by atoms with Crippen LogP contribution in [0.15, 0.2) is 48.7 Å². The monoisotopic (exact) mass is 318 g/mol. The first kappa shape index (κ1) is 14.7. The van der Waals surface area contributed by atoms with Crippen molar-refractivity contribution in [1.82, 2.24) is 9.78 Å². The molecule has 1 aliphatic rings. The maximum atomic E-state index is 11.5. The molecule has 24 heavy (non-hydrogen) atoms. The lowest BCUT2D eigenvalue weighted by atomic mass is 10.00. The third-order valence-electron chi connectivity index (χ3n) is 4.34. The fourth-order valence-corrected chi connectivity index (χ4v) is 3.27. The van der Waals surface area contributed by atoms with Gasteiger partial charge >= 0.3 is 0 Å². The number of carbonyl (C=O) groups excluding carboxylic acids is 1. The number of nitrogens with zero attached hydrogens (tertiary/aromatic N) is 2. The second-order valence-electron chi connectivity index (χ2n) is 6.25. The number of para-hydroxylation sites is 1. The Kier molecular flexibility index (Phi) is 3.45. The van der Waals surface area contributed by atoms with E-state index >= 15 is 0 Å². The lowest BCUT2D eigenvalue weighted by molar-refractivity contribution is 0.112. The van der Waals surface area contributed by atoms with Crippen LogP contribution in [0.2, 0.25) is 0 Å². The summed E-state index contributed by atoms with van der Waals surface area (Å²) in [4.78, 5) is 11.5. The molecular weight excluding hydrogens is 300 g/mol. The Morgan fingerprint density at radius 1 is 1.25 bits per heavy atom. The molecule has 4 heteroatoms. The third kappa shape index (κ3) is 2.40. The van der Waals surface area contributed by atoms with Gasteiger partial charge in [0, 0.05) is 18.2 Å². The fraction of sp³-hybridized carbons (Fsp3) is 0.200. The highest BCUT2D eigenvalue weighted by atomic mass is 16.5. The minimum absolute atomic E-state index is 0.196. The summed E-state index contributed by atoms with van der Waals surface area (Å²) in [6.45, 7) is 4.11. The first-order valence-corrected chi connectivity index (χ1v) is 8.06. The Balaban J connectivity index is 1.83. The van der Waals surface area contributed by atoms with Crippen LogP contribution in [-0.2, 0) is 6.42 Å². The van der Waals surface area contributed by atoms with Crippen molar-refractivity contribution in [3.05, 3.63) is 65.4 Å². The van der Waals surface area contributed by atoms with Crippen LogP contribution in [0.4, 0.5) is 0 Å². The minimum atomic E-state index is 0.196. The SMILES string of the molecule is Cc1cc(-c2nn(-c3ccccc3)cc2C=O)cc2c1OC(C)C2. The largest absolute Gasteiger partial charge is 0.490 e. The van der Waals surface area contributed by atoms with Crippen LogP contribution in [0.25, 0.3) is 16.9 Å². The summed E-state index contributed by atoms with van der Waals surface area (Å²) in [6.07, 6.45) is 3.73. The molecular formula is C20H18N2O2. The number of ether oxygens (including phenoxy) is 1. The molecule has 1 aromatic heterocycles. The van der Waals surface area contributed by atoms with Gasteiger partial charge in [0.15, 0.2) is 6.29 Å². The second kappa shape index (κ2) is 5.64. The molecule has 1 unspecified atom stereocenters. The summed E-state index contributed by atoms with van der Waals surface area (Å²) >= 11 is 0. The lowest BCUT2D eigenvalue weighted by Crippen LogP contribution is -2.05. The molecule has 1 aliphatic heterocycles. The summed E-state index contributed by atoms with van der Waals surface area (Å²) in [7, 11) is 0. The van der Waals surface area contributed by atoms with Crippen molar-refractivity contribution in [3.63, 3.8) is 0 Å². The molecule has 0 amide bonds. The van der Waals surface area contributed by atoms with Gasteiger partial charge in [0.1, 0.15) is 17.5 Å². The van der Waals surface area contributed by atoms with Crippen LogP contribution >= 0.6 is 0 Å². The van der Waals surface area contributed by atoms with Gasteiger partial charge < -0.3 is 4.74 Å². The summed E-state index contributed by atoms with van der Waals surface area (Å²) in [5, 5.41) is 4.65. The molecule has 2 aromatic carbocycles. The molecule has 0 bridgehead atoms. The van der Waals surface area contributed by atoms with E-state index in [-0.39, 0.29) is 6.10 Å². The van der Waals surface area contributed by atoms with Crippen molar-refractivity contribution >= 4 is 6.29 Å². The standard InChI is InChI=1S/C20H18N2O2/c1-13-8-15(10-16-9-14(2)24-20(13)16)19-17(12-23)11-22(21-19)18-6-4-3-5-7-18/h3-8,10-12,14H,9H2,1-2H3. The number of rotatable bonds is 3. The number of fused-ring (bicyclic) bond motifs is 1. The van der Waals surface area contributed by atoms with Gasteiger partial charge in [0.25, 0.3) is 0 Å². The van der Waals surface area contributed by atoms with E-state index in [0.717, 1.165) is 35.3 Å². The molecule has 1 atom stereocenters. The zero-order chi connectivity index (χ0) is 16.7. The van der Waals surface area contributed by atoms with Gasteiger partial charge in [0.05, 0.1) is 11.3 Å². The predicted octanol–water partition coefficient (Wildman–Crippen LogP) is 3.98. The van der Waals surface area contributed by atoms with Gasteiger partial charge in [-0.3, -0.25) is 4.79 Å². The zero-order valence-corrected chi connectivity index (χ0v) is 13.7. The molecule has 4 nitrogen and oxygen atoms in total. The van der Waals surface area contributed by atoms with Crippen LogP contribution in [0.3, 0.4) is 0 Å². The molecule has 0 radical (unpaired) electrons. The summed E-state index contributed by atoms with van der Waals surface area (Å²) in [5.74, 6) is 0.974. The highest BCUT2D eigenvalue weighted by Crippen LogP contribution is 2.36. The van der Waals surface area contributed by atoms with E-state index in [1.807, 2.05) is 43.3 Å². The van der Waals surface area contributed by atoms with E-state index < -0.39 is 0 Å². The normalized spacial score (nSPS) is 15.8. The number of hydrogen-bond acceptors (Lipinski definition) is 3. The van der Waals surface area contributed by atoms with Gasteiger partial charge in [0.2, 0.25) is 0 Å². The summed E-state index contributed by atoms with van der Waals surface area (Å²) in [5.41, 5.74) is 5.45. The highest BCUT2D eigenvalue weighted by Gasteiger charge is 2.23. The summed E-state index contributed by atoms with van der Waals surface area (Å²) < 4.78 is 7.62. The number of carbonyl (C=O) groups is 1. The van der Waals surface area contributed by atoms with Crippen LogP contribution < -0.4 is 4.74 Å². The van der Waals surface area contributed by atoms with Gasteiger partial charge in [-0.05, 0) is 49.2 Å². The number of benzene rings is 2. The Bertz CT molecular complexity index is 913. The van der Waals surface area contributed by atoms with Crippen molar-refractivity contribution in [2.45, 2.75) is 26.4 Å². The molecule has 3 aromatic rings. The molecule has 0 spiro atoms. The molecule has 0 saturated heterocycles. The van der Waals surface area contributed by atoms with Gasteiger partial charge in [-0.2, -0.15) is 5.10 Å². The van der Waals surface area contributed by atoms with E-state index in [1.54, 1.807) is 10.9 Å². The first-order chi connectivity index (χ1) is 11.7. The Hall–Kier alpha value is -2.88. The van der Waals surface area contributed by atoms with Crippen molar-refractivity contribution in [2.24, 2.45) is 0 Å². The average Bonchev–Trinajstić information content (AvgIpc) is 3.18. The molecule has 0 saturated carbocycles.